The van der Waals surface area contributed by atoms with Gasteiger partial charge in [-0.2, -0.15) is 0 Å². The molecule has 3 nitrogen and oxygen atoms in total. The van der Waals surface area contributed by atoms with Gasteiger partial charge in [0.2, 0.25) is 0 Å². The van der Waals surface area contributed by atoms with E-state index < -0.39 is 0 Å². The largest absolute Gasteiger partial charge is 0.348 e. The Balaban J connectivity index is 0.00000144. The highest BCUT2D eigenvalue weighted by Crippen LogP contribution is 2.17. The molecular formula is C13H20IN3. The first kappa shape index (κ1) is 14.3. The summed E-state index contributed by atoms with van der Waals surface area (Å²) >= 11 is 0. The number of hydrogen-bond donors (Lipinski definition) is 1. The fourth-order valence-electron chi connectivity index (χ4n) is 1.97. The van der Waals surface area contributed by atoms with Crippen molar-refractivity contribution in [3.63, 3.8) is 0 Å². The van der Waals surface area contributed by atoms with Crippen molar-refractivity contribution in [3.8, 4) is 0 Å². The maximum atomic E-state index is 4.54. The summed E-state index contributed by atoms with van der Waals surface area (Å²) < 4.78 is 0. The summed E-state index contributed by atoms with van der Waals surface area (Å²) in [6.45, 7) is 4.07. The fraction of sp³-hybridized carbons (Fsp3) is 0.462. The lowest BCUT2D eigenvalue weighted by Crippen LogP contribution is -2.37. The van der Waals surface area contributed by atoms with Gasteiger partial charge in [0, 0.05) is 13.6 Å². The first-order valence-corrected chi connectivity index (χ1v) is 5.88. The molecule has 1 aliphatic rings. The third-order valence-corrected chi connectivity index (χ3v) is 2.85. The molecule has 0 aliphatic carbocycles. The summed E-state index contributed by atoms with van der Waals surface area (Å²) in [6.07, 6.45) is 1.15. The smallest absolute Gasteiger partial charge is 0.194 e. The highest BCUT2D eigenvalue weighted by molar-refractivity contribution is 14.0. The quantitative estimate of drug-likeness (QED) is 0.853. The van der Waals surface area contributed by atoms with Crippen molar-refractivity contribution in [2.24, 2.45) is 4.99 Å². The monoisotopic (exact) mass is 345 g/mol. The first-order valence-electron chi connectivity index (χ1n) is 5.88. The zero-order chi connectivity index (χ0) is 11.4. The topological polar surface area (TPSA) is 27.6 Å². The van der Waals surface area contributed by atoms with E-state index in [1.165, 1.54) is 5.56 Å². The second-order valence-electron chi connectivity index (χ2n) is 4.19. The van der Waals surface area contributed by atoms with Crippen LogP contribution >= 0.6 is 24.0 Å². The number of aliphatic imine (C=N–C) groups is 1. The molecular weight excluding hydrogens is 325 g/mol. The summed E-state index contributed by atoms with van der Waals surface area (Å²) in [5.74, 6) is 1.02. The van der Waals surface area contributed by atoms with E-state index in [4.69, 9.17) is 0 Å². The maximum absolute atomic E-state index is 4.54. The number of hydrogen-bond acceptors (Lipinski definition) is 3. The van der Waals surface area contributed by atoms with Crippen LogP contribution in [-0.2, 0) is 0 Å². The van der Waals surface area contributed by atoms with E-state index in [1.807, 2.05) is 6.07 Å². The predicted octanol–water partition coefficient (Wildman–Crippen LogP) is 2.65. The van der Waals surface area contributed by atoms with Crippen LogP contribution in [-0.4, -0.2) is 31.0 Å². The van der Waals surface area contributed by atoms with Gasteiger partial charge in [0.05, 0.1) is 12.6 Å². The summed E-state index contributed by atoms with van der Waals surface area (Å²) in [4.78, 5) is 6.73. The van der Waals surface area contributed by atoms with Gasteiger partial charge in [-0.25, -0.2) is 0 Å². The van der Waals surface area contributed by atoms with E-state index in [9.17, 15) is 0 Å². The van der Waals surface area contributed by atoms with Gasteiger partial charge in [0.25, 0.3) is 0 Å². The second kappa shape index (κ2) is 6.83. The molecule has 0 fully saturated rings. The number of guanidine groups is 1. The van der Waals surface area contributed by atoms with Crippen molar-refractivity contribution in [1.29, 1.82) is 0 Å². The van der Waals surface area contributed by atoms with E-state index in [-0.39, 0.29) is 24.0 Å². The zero-order valence-corrected chi connectivity index (χ0v) is 12.7. The van der Waals surface area contributed by atoms with Gasteiger partial charge in [0.1, 0.15) is 0 Å². The van der Waals surface area contributed by atoms with Crippen molar-refractivity contribution >= 4 is 29.9 Å². The number of nitrogens with one attached hydrogen (secondary N) is 1. The molecule has 0 amide bonds. The Labute approximate surface area is 120 Å². The third-order valence-electron chi connectivity index (χ3n) is 2.85. The zero-order valence-electron chi connectivity index (χ0n) is 10.4. The van der Waals surface area contributed by atoms with Crippen LogP contribution in [0.15, 0.2) is 35.3 Å². The second-order valence-corrected chi connectivity index (χ2v) is 4.19. The van der Waals surface area contributed by atoms with Crippen LogP contribution in [0.3, 0.4) is 0 Å². The summed E-state index contributed by atoms with van der Waals surface area (Å²) in [7, 11) is 2.09. The first-order chi connectivity index (χ1) is 7.81. The van der Waals surface area contributed by atoms with E-state index >= 15 is 0 Å². The van der Waals surface area contributed by atoms with Gasteiger partial charge in [-0.05, 0) is 12.0 Å². The number of halogens is 1. The molecule has 0 aromatic heterocycles. The van der Waals surface area contributed by atoms with Crippen LogP contribution in [0, 0.1) is 0 Å². The molecule has 0 bridgehead atoms. The third kappa shape index (κ3) is 3.59. The molecule has 1 aromatic carbocycles. The lowest BCUT2D eigenvalue weighted by atomic mass is 10.1. The molecule has 2 rings (SSSR count). The highest BCUT2D eigenvalue weighted by Gasteiger charge is 2.20. The minimum atomic E-state index is 0. The Morgan fingerprint density at radius 2 is 2.06 bits per heavy atom. The van der Waals surface area contributed by atoms with Gasteiger partial charge in [-0.15, -0.1) is 24.0 Å². The Morgan fingerprint density at radius 1 is 1.35 bits per heavy atom. The number of benzene rings is 1. The lowest BCUT2D eigenvalue weighted by molar-refractivity contribution is 0.482. The summed E-state index contributed by atoms with van der Waals surface area (Å²) in [5, 5.41) is 3.47. The van der Waals surface area contributed by atoms with E-state index in [0.29, 0.717) is 6.04 Å². The van der Waals surface area contributed by atoms with E-state index in [0.717, 1.165) is 25.5 Å². The minimum Gasteiger partial charge on any atom is -0.348 e. The number of rotatable bonds is 3. The maximum Gasteiger partial charge on any atom is 0.194 e. The van der Waals surface area contributed by atoms with E-state index in [1.54, 1.807) is 0 Å². The van der Waals surface area contributed by atoms with Crippen LogP contribution in [0.25, 0.3) is 0 Å². The van der Waals surface area contributed by atoms with Crippen molar-refractivity contribution in [3.05, 3.63) is 35.9 Å². The van der Waals surface area contributed by atoms with Crippen molar-refractivity contribution in [1.82, 2.24) is 10.2 Å². The van der Waals surface area contributed by atoms with Crippen molar-refractivity contribution in [2.45, 2.75) is 19.4 Å². The van der Waals surface area contributed by atoms with Gasteiger partial charge in [-0.3, -0.25) is 4.99 Å². The molecule has 17 heavy (non-hydrogen) atoms. The Hall–Kier alpha value is -0.780. The van der Waals surface area contributed by atoms with Gasteiger partial charge in [-0.1, -0.05) is 37.3 Å². The molecule has 94 valence electrons. The predicted molar refractivity (Wildman–Crippen MR) is 83.0 cm³/mol. The number of nitrogens with zero attached hydrogens (tertiary/aromatic N) is 2. The molecule has 0 saturated heterocycles. The summed E-state index contributed by atoms with van der Waals surface area (Å²) in [6, 6.07) is 10.8. The standard InChI is InChI=1S/C13H19N3.HI/c1-3-9-16(2)13-14-10-12(15-13)11-7-5-4-6-8-11;/h4-8,12H,3,9-10H2,1-2H3,(H,14,15);1H. The molecule has 0 radical (unpaired) electrons. The molecule has 1 heterocycles. The normalized spacial score (nSPS) is 18.0. The Kier molecular flexibility index (Phi) is 5.74. The average Bonchev–Trinajstić information content (AvgIpc) is 2.80. The molecule has 1 aliphatic heterocycles. The highest BCUT2D eigenvalue weighted by atomic mass is 127. The fourth-order valence-corrected chi connectivity index (χ4v) is 1.97. The lowest BCUT2D eigenvalue weighted by Gasteiger charge is -2.20. The molecule has 1 aromatic rings. The Bertz CT molecular complexity index is 364. The van der Waals surface area contributed by atoms with E-state index in [2.05, 4.69) is 53.4 Å². The molecule has 4 heteroatoms. The van der Waals surface area contributed by atoms with Crippen LogP contribution in [0.4, 0.5) is 0 Å². The Morgan fingerprint density at radius 3 is 2.71 bits per heavy atom. The summed E-state index contributed by atoms with van der Waals surface area (Å²) in [5.41, 5.74) is 1.31. The molecule has 1 atom stereocenters. The van der Waals surface area contributed by atoms with Crippen molar-refractivity contribution < 1.29 is 0 Å². The van der Waals surface area contributed by atoms with Crippen LogP contribution in [0.5, 0.6) is 0 Å². The average molecular weight is 345 g/mol. The van der Waals surface area contributed by atoms with Crippen LogP contribution in [0.2, 0.25) is 0 Å². The SMILES string of the molecule is CCCN(C)C1=NCC(c2ccccc2)N1.I. The molecule has 1 N–H and O–H groups in total. The van der Waals surface area contributed by atoms with Gasteiger partial charge in [0.15, 0.2) is 5.96 Å². The van der Waals surface area contributed by atoms with Crippen LogP contribution < -0.4 is 5.32 Å². The van der Waals surface area contributed by atoms with Crippen molar-refractivity contribution in [2.75, 3.05) is 20.1 Å². The molecule has 0 saturated carbocycles. The van der Waals surface area contributed by atoms with Gasteiger partial charge < -0.3 is 10.2 Å². The molecule has 0 spiro atoms. The minimum absolute atomic E-state index is 0. The molecule has 1 unspecified atom stereocenters. The van der Waals surface area contributed by atoms with Crippen LogP contribution in [0.1, 0.15) is 24.9 Å². The van der Waals surface area contributed by atoms with Gasteiger partial charge >= 0.3 is 0 Å².